The molecule has 2 aliphatic rings. The van der Waals surface area contributed by atoms with Crippen molar-refractivity contribution in [2.75, 3.05) is 13.1 Å². The van der Waals surface area contributed by atoms with Crippen molar-refractivity contribution in [3.05, 3.63) is 41.7 Å². The van der Waals surface area contributed by atoms with Gasteiger partial charge in [-0.15, -0.1) is 10.2 Å². The maximum Gasteiger partial charge on any atom is 0.242 e. The van der Waals surface area contributed by atoms with E-state index < -0.39 is 0 Å². The normalized spacial score (nSPS) is 18.5. The van der Waals surface area contributed by atoms with Gasteiger partial charge in [0.05, 0.1) is 6.54 Å². The van der Waals surface area contributed by atoms with Gasteiger partial charge in [-0.25, -0.2) is 0 Å². The zero-order valence-corrected chi connectivity index (χ0v) is 13.7. The number of rotatable bonds is 5. The molecule has 1 N–H and O–H groups in total. The molecule has 1 amide bonds. The molecule has 2 aromatic heterocycles. The van der Waals surface area contributed by atoms with Gasteiger partial charge in [-0.3, -0.25) is 14.7 Å². The Labute approximate surface area is 141 Å². The van der Waals surface area contributed by atoms with E-state index >= 15 is 0 Å². The first kappa shape index (κ1) is 15.3. The Morgan fingerprint density at radius 3 is 2.88 bits per heavy atom. The minimum atomic E-state index is -0.276. The van der Waals surface area contributed by atoms with Crippen molar-refractivity contribution in [3.63, 3.8) is 0 Å². The van der Waals surface area contributed by atoms with Gasteiger partial charge in [-0.1, -0.05) is 6.07 Å². The Kier molecular flexibility index (Phi) is 4.25. The zero-order chi connectivity index (χ0) is 16.4. The van der Waals surface area contributed by atoms with Crippen molar-refractivity contribution in [2.24, 2.45) is 0 Å². The summed E-state index contributed by atoms with van der Waals surface area (Å²) in [6, 6.07) is 3.59. The van der Waals surface area contributed by atoms with Crippen LogP contribution < -0.4 is 5.32 Å². The second kappa shape index (κ2) is 6.68. The van der Waals surface area contributed by atoms with Crippen molar-refractivity contribution < 1.29 is 4.79 Å². The minimum Gasteiger partial charge on any atom is -0.347 e. The molecule has 2 aliphatic heterocycles. The molecule has 0 bridgehead atoms. The third kappa shape index (κ3) is 2.91. The van der Waals surface area contributed by atoms with Crippen LogP contribution in [-0.2, 0) is 24.3 Å². The molecule has 0 aromatic carbocycles. The summed E-state index contributed by atoms with van der Waals surface area (Å²) in [6.07, 6.45) is 7.90. The first-order valence-corrected chi connectivity index (χ1v) is 8.65. The van der Waals surface area contributed by atoms with Gasteiger partial charge in [-0.2, -0.15) is 0 Å². The number of likely N-dealkylation sites (tertiary alicyclic amines) is 1. The summed E-state index contributed by atoms with van der Waals surface area (Å²) in [5.74, 6) is 1.89. The smallest absolute Gasteiger partial charge is 0.242 e. The number of amides is 1. The van der Waals surface area contributed by atoms with E-state index in [1.165, 1.54) is 0 Å². The van der Waals surface area contributed by atoms with Crippen molar-refractivity contribution in [1.82, 2.24) is 30.0 Å². The Morgan fingerprint density at radius 2 is 2.08 bits per heavy atom. The summed E-state index contributed by atoms with van der Waals surface area (Å²) >= 11 is 0. The number of pyridine rings is 1. The first-order chi connectivity index (χ1) is 11.8. The number of hydrogen-bond donors (Lipinski definition) is 1. The maximum absolute atomic E-state index is 12.9. The summed E-state index contributed by atoms with van der Waals surface area (Å²) in [5.41, 5.74) is 0.948. The molecule has 126 valence electrons. The maximum atomic E-state index is 12.9. The average Bonchev–Trinajstić information content (AvgIpc) is 3.33. The van der Waals surface area contributed by atoms with Gasteiger partial charge in [-0.05, 0) is 44.0 Å². The van der Waals surface area contributed by atoms with Crippen LogP contribution >= 0.6 is 0 Å². The van der Waals surface area contributed by atoms with Crippen molar-refractivity contribution in [1.29, 1.82) is 0 Å². The third-order valence-corrected chi connectivity index (χ3v) is 4.86. The SMILES string of the molecule is O=C(NCc1nnc2n1CCC2)[C@H](c1cccnc1)N1CCCC1. The van der Waals surface area contributed by atoms with Crippen LogP contribution in [-0.4, -0.2) is 43.6 Å². The molecular weight excluding hydrogens is 304 g/mol. The summed E-state index contributed by atoms with van der Waals surface area (Å²) < 4.78 is 2.12. The second-order valence-corrected chi connectivity index (χ2v) is 6.44. The van der Waals surface area contributed by atoms with Gasteiger partial charge in [0.25, 0.3) is 0 Å². The van der Waals surface area contributed by atoms with Crippen LogP contribution in [0.4, 0.5) is 0 Å². The van der Waals surface area contributed by atoms with E-state index in [9.17, 15) is 4.79 Å². The predicted molar refractivity (Wildman–Crippen MR) is 88.0 cm³/mol. The third-order valence-electron chi connectivity index (χ3n) is 4.86. The standard InChI is InChI=1S/C17H22N6O/c24-17(19-12-15-21-20-14-6-4-10-23(14)15)16(22-8-1-2-9-22)13-5-3-7-18-11-13/h3,5,7,11,16H,1-2,4,6,8-10,12H2,(H,19,24)/t16-/m0/s1. The number of carbonyl (C=O) groups is 1. The lowest BCUT2D eigenvalue weighted by molar-refractivity contribution is -0.126. The van der Waals surface area contributed by atoms with Crippen LogP contribution in [0.3, 0.4) is 0 Å². The van der Waals surface area contributed by atoms with Gasteiger partial charge in [0, 0.05) is 25.4 Å². The number of nitrogens with one attached hydrogen (secondary N) is 1. The zero-order valence-electron chi connectivity index (χ0n) is 13.7. The number of aromatic nitrogens is 4. The molecular formula is C17H22N6O. The first-order valence-electron chi connectivity index (χ1n) is 8.65. The van der Waals surface area contributed by atoms with Crippen LogP contribution in [0.1, 0.15) is 42.5 Å². The average molecular weight is 326 g/mol. The van der Waals surface area contributed by atoms with E-state index in [1.807, 2.05) is 12.1 Å². The van der Waals surface area contributed by atoms with E-state index in [0.717, 1.165) is 62.5 Å². The molecule has 1 fully saturated rings. The van der Waals surface area contributed by atoms with E-state index in [1.54, 1.807) is 12.4 Å². The van der Waals surface area contributed by atoms with Crippen LogP contribution in [0.25, 0.3) is 0 Å². The predicted octanol–water partition coefficient (Wildman–Crippen LogP) is 1.07. The van der Waals surface area contributed by atoms with Gasteiger partial charge < -0.3 is 9.88 Å². The molecule has 1 atom stereocenters. The largest absolute Gasteiger partial charge is 0.347 e. The van der Waals surface area contributed by atoms with E-state index in [2.05, 4.69) is 30.0 Å². The molecule has 0 saturated carbocycles. The highest BCUT2D eigenvalue weighted by atomic mass is 16.2. The molecule has 0 spiro atoms. The van der Waals surface area contributed by atoms with E-state index in [4.69, 9.17) is 0 Å². The Bertz CT molecular complexity index is 707. The van der Waals surface area contributed by atoms with E-state index in [0.29, 0.717) is 6.54 Å². The number of aryl methyl sites for hydroxylation is 1. The van der Waals surface area contributed by atoms with Gasteiger partial charge >= 0.3 is 0 Å². The molecule has 7 nitrogen and oxygen atoms in total. The van der Waals surface area contributed by atoms with Crippen LogP contribution in [0.2, 0.25) is 0 Å². The monoisotopic (exact) mass is 326 g/mol. The van der Waals surface area contributed by atoms with Gasteiger partial charge in [0.1, 0.15) is 11.9 Å². The summed E-state index contributed by atoms with van der Waals surface area (Å²) in [4.78, 5) is 19.3. The van der Waals surface area contributed by atoms with Gasteiger partial charge in [0.15, 0.2) is 5.82 Å². The highest BCUT2D eigenvalue weighted by molar-refractivity contribution is 5.83. The summed E-state index contributed by atoms with van der Waals surface area (Å²) in [5, 5.41) is 11.5. The fraction of sp³-hybridized carbons (Fsp3) is 0.529. The molecule has 2 aromatic rings. The molecule has 1 saturated heterocycles. The summed E-state index contributed by atoms with van der Waals surface area (Å²) in [7, 11) is 0. The van der Waals surface area contributed by atoms with Crippen molar-refractivity contribution in [2.45, 2.75) is 44.8 Å². The second-order valence-electron chi connectivity index (χ2n) is 6.44. The Morgan fingerprint density at radius 1 is 1.21 bits per heavy atom. The lowest BCUT2D eigenvalue weighted by Crippen LogP contribution is -2.39. The highest BCUT2D eigenvalue weighted by Gasteiger charge is 2.30. The molecule has 0 unspecified atom stereocenters. The van der Waals surface area contributed by atoms with Crippen LogP contribution in [0, 0.1) is 0 Å². The summed E-state index contributed by atoms with van der Waals surface area (Å²) in [6.45, 7) is 3.28. The molecule has 4 rings (SSSR count). The Balaban J connectivity index is 1.49. The molecule has 0 radical (unpaired) electrons. The Hall–Kier alpha value is -2.28. The topological polar surface area (TPSA) is 75.9 Å². The lowest BCUT2D eigenvalue weighted by atomic mass is 10.1. The van der Waals surface area contributed by atoms with Gasteiger partial charge in [0.2, 0.25) is 5.91 Å². The molecule has 0 aliphatic carbocycles. The lowest BCUT2D eigenvalue weighted by Gasteiger charge is -2.26. The fourth-order valence-electron chi connectivity index (χ4n) is 3.67. The molecule has 7 heteroatoms. The fourth-order valence-corrected chi connectivity index (χ4v) is 3.67. The molecule has 24 heavy (non-hydrogen) atoms. The van der Waals surface area contributed by atoms with Crippen LogP contribution in [0.15, 0.2) is 24.5 Å². The quantitative estimate of drug-likeness (QED) is 0.889. The molecule has 4 heterocycles. The number of nitrogens with zero attached hydrogens (tertiary/aromatic N) is 5. The number of fused-ring (bicyclic) bond motifs is 1. The highest BCUT2D eigenvalue weighted by Crippen LogP contribution is 2.25. The van der Waals surface area contributed by atoms with E-state index in [-0.39, 0.29) is 11.9 Å². The van der Waals surface area contributed by atoms with Crippen LogP contribution in [0.5, 0.6) is 0 Å². The minimum absolute atomic E-state index is 0.0141. The van der Waals surface area contributed by atoms with Crippen molar-refractivity contribution in [3.8, 4) is 0 Å². The number of carbonyl (C=O) groups excluding carboxylic acids is 1. The van der Waals surface area contributed by atoms with Crippen molar-refractivity contribution >= 4 is 5.91 Å². The number of hydrogen-bond acceptors (Lipinski definition) is 5.